The number of halogens is 1. The molecule has 3 rings (SSSR count). The number of aryl methyl sites for hydroxylation is 2. The van der Waals surface area contributed by atoms with Crippen LogP contribution in [-0.2, 0) is 24.2 Å². The summed E-state index contributed by atoms with van der Waals surface area (Å²) in [6, 6.07) is 9.72. The van der Waals surface area contributed by atoms with Crippen molar-refractivity contribution in [2.24, 2.45) is 0 Å². The van der Waals surface area contributed by atoms with Crippen LogP contribution in [-0.4, -0.2) is 38.7 Å². The van der Waals surface area contributed by atoms with E-state index < -0.39 is 12.0 Å². The zero-order valence-electron chi connectivity index (χ0n) is 12.7. The van der Waals surface area contributed by atoms with Gasteiger partial charge in [0, 0.05) is 6.42 Å². The molecule has 0 aliphatic carbocycles. The molecule has 0 spiro atoms. The summed E-state index contributed by atoms with van der Waals surface area (Å²) >= 11 is 0. The van der Waals surface area contributed by atoms with Gasteiger partial charge in [0.1, 0.15) is 6.04 Å². The van der Waals surface area contributed by atoms with Gasteiger partial charge in [-0.2, -0.15) is 4.98 Å². The quantitative estimate of drug-likeness (QED) is 0.871. The van der Waals surface area contributed by atoms with E-state index >= 15 is 0 Å². The van der Waals surface area contributed by atoms with Crippen molar-refractivity contribution in [3.8, 4) is 0 Å². The third kappa shape index (κ3) is 4.53. The van der Waals surface area contributed by atoms with Gasteiger partial charge in [-0.25, -0.2) is 0 Å². The second-order valence-electron chi connectivity index (χ2n) is 5.56. The Hall–Kier alpha value is -1.92. The predicted octanol–water partition coefficient (Wildman–Crippen LogP) is 2.33. The normalized spacial score (nSPS) is 17.8. The zero-order chi connectivity index (χ0) is 15.4. The summed E-state index contributed by atoms with van der Waals surface area (Å²) in [5.41, 5.74) is 1.24. The third-order valence-electron chi connectivity index (χ3n) is 3.98. The minimum atomic E-state index is -0.777. The van der Waals surface area contributed by atoms with Gasteiger partial charge in [0.2, 0.25) is 5.89 Å². The van der Waals surface area contributed by atoms with Gasteiger partial charge in [0.05, 0.1) is 6.54 Å². The van der Waals surface area contributed by atoms with Crippen LogP contribution in [0.25, 0.3) is 0 Å². The molecule has 1 aromatic carbocycles. The second kappa shape index (κ2) is 8.08. The first kappa shape index (κ1) is 17.4. The highest BCUT2D eigenvalue weighted by molar-refractivity contribution is 5.85. The van der Waals surface area contributed by atoms with Crippen molar-refractivity contribution >= 4 is 18.4 Å². The monoisotopic (exact) mass is 337 g/mol. The topological polar surface area (TPSA) is 79.5 Å². The minimum Gasteiger partial charge on any atom is -0.480 e. The van der Waals surface area contributed by atoms with E-state index in [-0.39, 0.29) is 12.4 Å². The first-order valence-corrected chi connectivity index (χ1v) is 7.54. The fourth-order valence-corrected chi connectivity index (χ4v) is 2.83. The van der Waals surface area contributed by atoms with Crippen molar-refractivity contribution in [3.63, 3.8) is 0 Å². The molecule has 2 aromatic rings. The molecule has 1 aromatic heterocycles. The lowest BCUT2D eigenvalue weighted by Crippen LogP contribution is -2.35. The van der Waals surface area contributed by atoms with Crippen LogP contribution in [0.2, 0.25) is 0 Å². The number of aliphatic carboxylic acids is 1. The van der Waals surface area contributed by atoms with Crippen LogP contribution in [0.1, 0.15) is 30.1 Å². The van der Waals surface area contributed by atoms with Crippen LogP contribution in [0.3, 0.4) is 0 Å². The molecular weight excluding hydrogens is 318 g/mol. The highest BCUT2D eigenvalue weighted by Gasteiger charge is 2.31. The average molecular weight is 338 g/mol. The van der Waals surface area contributed by atoms with Crippen molar-refractivity contribution < 1.29 is 14.4 Å². The molecule has 2 heterocycles. The van der Waals surface area contributed by atoms with E-state index in [9.17, 15) is 4.79 Å². The average Bonchev–Trinajstić information content (AvgIpc) is 3.16. The maximum Gasteiger partial charge on any atom is 0.320 e. The highest BCUT2D eigenvalue weighted by atomic mass is 35.5. The van der Waals surface area contributed by atoms with Crippen LogP contribution in [0.5, 0.6) is 0 Å². The molecule has 124 valence electrons. The van der Waals surface area contributed by atoms with Crippen molar-refractivity contribution in [1.82, 2.24) is 15.0 Å². The van der Waals surface area contributed by atoms with Gasteiger partial charge in [-0.1, -0.05) is 35.5 Å². The number of carboxylic acids is 1. The maximum atomic E-state index is 11.2. The summed E-state index contributed by atoms with van der Waals surface area (Å²) in [7, 11) is 0. The molecule has 7 heteroatoms. The SMILES string of the molecule is Cl.O=C(O)[C@H]1CCCN1Cc1nc(CCc2ccccc2)no1. The molecule has 0 unspecified atom stereocenters. The largest absolute Gasteiger partial charge is 0.480 e. The highest BCUT2D eigenvalue weighted by Crippen LogP contribution is 2.19. The first-order valence-electron chi connectivity index (χ1n) is 7.54. The van der Waals surface area contributed by atoms with Gasteiger partial charge in [0.25, 0.3) is 0 Å². The molecule has 1 aliphatic rings. The summed E-state index contributed by atoms with van der Waals surface area (Å²) in [5, 5.41) is 13.2. The third-order valence-corrected chi connectivity index (χ3v) is 3.98. The van der Waals surface area contributed by atoms with Crippen LogP contribution >= 0.6 is 12.4 Å². The number of benzene rings is 1. The van der Waals surface area contributed by atoms with E-state index in [2.05, 4.69) is 22.3 Å². The lowest BCUT2D eigenvalue weighted by molar-refractivity contribution is -0.142. The van der Waals surface area contributed by atoms with Gasteiger partial charge in [-0.15, -0.1) is 12.4 Å². The van der Waals surface area contributed by atoms with E-state index in [0.29, 0.717) is 24.7 Å². The number of hydrogen-bond acceptors (Lipinski definition) is 5. The Morgan fingerprint density at radius 1 is 1.30 bits per heavy atom. The number of nitrogens with zero attached hydrogens (tertiary/aromatic N) is 3. The Kier molecular flexibility index (Phi) is 6.12. The summed E-state index contributed by atoms with van der Waals surface area (Å²) in [4.78, 5) is 17.4. The molecule has 0 amide bonds. The number of carbonyl (C=O) groups is 1. The molecular formula is C16H20ClN3O3. The number of aromatic nitrogens is 2. The number of rotatable bonds is 6. The van der Waals surface area contributed by atoms with Gasteiger partial charge in [-0.05, 0) is 31.4 Å². The van der Waals surface area contributed by atoms with Gasteiger partial charge >= 0.3 is 5.97 Å². The molecule has 1 fully saturated rings. The summed E-state index contributed by atoms with van der Waals surface area (Å²) in [6.45, 7) is 1.17. The number of likely N-dealkylation sites (tertiary alicyclic amines) is 1. The smallest absolute Gasteiger partial charge is 0.320 e. The molecule has 1 N–H and O–H groups in total. The standard InChI is InChI=1S/C16H19N3O3.ClH/c20-16(21)13-7-4-10-19(13)11-15-17-14(18-22-15)9-8-12-5-2-1-3-6-12;/h1-3,5-6,13H,4,7-11H2,(H,20,21);1H/t13-;/m1./s1. The summed E-state index contributed by atoms with van der Waals surface area (Å²) in [5.74, 6) is 0.391. The first-order chi connectivity index (χ1) is 10.7. The fourth-order valence-electron chi connectivity index (χ4n) is 2.83. The van der Waals surface area contributed by atoms with Crippen LogP contribution in [0, 0.1) is 0 Å². The van der Waals surface area contributed by atoms with Gasteiger partial charge in [-0.3, -0.25) is 9.69 Å². The van der Waals surface area contributed by atoms with Crippen LogP contribution in [0.4, 0.5) is 0 Å². The lowest BCUT2D eigenvalue weighted by Gasteiger charge is -2.18. The van der Waals surface area contributed by atoms with Crippen LogP contribution < -0.4 is 0 Å². The maximum absolute atomic E-state index is 11.2. The molecule has 1 aliphatic heterocycles. The Balaban J connectivity index is 0.00000192. The fraction of sp³-hybridized carbons (Fsp3) is 0.438. The molecule has 0 saturated carbocycles. The Bertz CT molecular complexity index is 633. The Morgan fingerprint density at radius 2 is 2.09 bits per heavy atom. The van der Waals surface area contributed by atoms with E-state index in [4.69, 9.17) is 9.63 Å². The molecule has 0 bridgehead atoms. The van der Waals surface area contributed by atoms with Crippen molar-refractivity contribution in [2.45, 2.75) is 38.3 Å². The Labute approximate surface area is 140 Å². The van der Waals surface area contributed by atoms with Crippen molar-refractivity contribution in [3.05, 3.63) is 47.6 Å². The molecule has 1 atom stereocenters. The minimum absolute atomic E-state index is 0. The predicted molar refractivity (Wildman–Crippen MR) is 86.5 cm³/mol. The molecule has 6 nitrogen and oxygen atoms in total. The molecule has 1 saturated heterocycles. The summed E-state index contributed by atoms with van der Waals surface area (Å²) < 4.78 is 5.25. The zero-order valence-corrected chi connectivity index (χ0v) is 13.5. The van der Waals surface area contributed by atoms with Crippen molar-refractivity contribution in [2.75, 3.05) is 6.54 Å². The van der Waals surface area contributed by atoms with Gasteiger partial charge < -0.3 is 9.63 Å². The van der Waals surface area contributed by atoms with E-state index in [1.165, 1.54) is 5.56 Å². The number of carboxylic acid groups (broad SMARTS) is 1. The number of hydrogen-bond donors (Lipinski definition) is 1. The second-order valence-corrected chi connectivity index (χ2v) is 5.56. The van der Waals surface area contributed by atoms with E-state index in [1.54, 1.807) is 0 Å². The van der Waals surface area contributed by atoms with Gasteiger partial charge in [0.15, 0.2) is 5.82 Å². The van der Waals surface area contributed by atoms with E-state index in [0.717, 1.165) is 25.8 Å². The Morgan fingerprint density at radius 3 is 2.83 bits per heavy atom. The lowest BCUT2D eigenvalue weighted by atomic mass is 10.1. The molecule has 0 radical (unpaired) electrons. The van der Waals surface area contributed by atoms with E-state index in [1.807, 2.05) is 23.1 Å². The summed E-state index contributed by atoms with van der Waals surface area (Å²) in [6.07, 6.45) is 3.16. The molecule has 23 heavy (non-hydrogen) atoms. The van der Waals surface area contributed by atoms with Crippen molar-refractivity contribution in [1.29, 1.82) is 0 Å². The van der Waals surface area contributed by atoms with Crippen LogP contribution in [0.15, 0.2) is 34.9 Å².